The van der Waals surface area contributed by atoms with Crippen LogP contribution in [0.1, 0.15) is 55.1 Å². The van der Waals surface area contributed by atoms with Crippen LogP contribution in [0.3, 0.4) is 0 Å². The lowest BCUT2D eigenvalue weighted by Gasteiger charge is -2.29. The van der Waals surface area contributed by atoms with Crippen LogP contribution in [0.15, 0.2) is 48.5 Å². The van der Waals surface area contributed by atoms with Crippen LogP contribution in [-0.4, -0.2) is 35.6 Å². The average molecular weight is 525 g/mol. The standard InChI is InChI=1S/C26H25F6N3O2/c1-15(2)13-20(23(37)35-24(14-33)11-12-24)34-21(25(27,28)29)18-7-3-16(4-8-18)17-5-9-19(10-6-17)22(36)26(30,31)32/h3-10,15,20-21,34H,11-13H2,1-2H3,(H,35,37)/t20-,21-/m0/s1. The molecule has 2 atom stereocenters. The number of rotatable bonds is 9. The number of nitriles is 1. The Hall–Kier alpha value is -3.39. The van der Waals surface area contributed by atoms with E-state index in [9.17, 15) is 41.2 Å². The van der Waals surface area contributed by atoms with E-state index in [1.165, 1.54) is 36.4 Å². The maximum atomic E-state index is 14.1. The van der Waals surface area contributed by atoms with Crippen molar-refractivity contribution in [1.29, 1.82) is 5.26 Å². The lowest BCUT2D eigenvalue weighted by molar-refractivity contribution is -0.161. The molecule has 0 heterocycles. The van der Waals surface area contributed by atoms with E-state index >= 15 is 0 Å². The highest BCUT2D eigenvalue weighted by Crippen LogP contribution is 2.36. The smallest absolute Gasteiger partial charge is 0.336 e. The van der Waals surface area contributed by atoms with E-state index in [0.29, 0.717) is 24.0 Å². The van der Waals surface area contributed by atoms with E-state index in [0.717, 1.165) is 12.1 Å². The van der Waals surface area contributed by atoms with E-state index in [2.05, 4.69) is 10.6 Å². The largest absolute Gasteiger partial charge is 0.454 e. The van der Waals surface area contributed by atoms with Gasteiger partial charge in [0.05, 0.1) is 12.1 Å². The predicted molar refractivity (Wildman–Crippen MR) is 123 cm³/mol. The first kappa shape index (κ1) is 28.2. The number of alkyl halides is 6. The summed E-state index contributed by atoms with van der Waals surface area (Å²) < 4.78 is 80.0. The Labute approximate surface area is 209 Å². The first-order valence-electron chi connectivity index (χ1n) is 11.5. The predicted octanol–water partition coefficient (Wildman–Crippen LogP) is 5.88. The molecular formula is C26H25F6N3O2. The van der Waals surface area contributed by atoms with Crippen LogP contribution in [0, 0.1) is 17.2 Å². The van der Waals surface area contributed by atoms with Gasteiger partial charge in [-0.15, -0.1) is 0 Å². The van der Waals surface area contributed by atoms with Gasteiger partial charge in [-0.2, -0.15) is 31.6 Å². The Morgan fingerprint density at radius 2 is 1.46 bits per heavy atom. The van der Waals surface area contributed by atoms with Crippen LogP contribution >= 0.6 is 0 Å². The number of halogens is 6. The Morgan fingerprint density at radius 1 is 0.946 bits per heavy atom. The highest BCUT2D eigenvalue weighted by atomic mass is 19.4. The number of carbonyl (C=O) groups excluding carboxylic acids is 2. The van der Waals surface area contributed by atoms with Gasteiger partial charge in [0.1, 0.15) is 11.6 Å². The molecule has 0 unspecified atom stereocenters. The summed E-state index contributed by atoms with van der Waals surface area (Å²) in [5.74, 6) is -2.77. The molecule has 198 valence electrons. The maximum Gasteiger partial charge on any atom is 0.454 e. The average Bonchev–Trinajstić information content (AvgIpc) is 3.59. The molecule has 0 aliphatic heterocycles. The van der Waals surface area contributed by atoms with Crippen LogP contribution in [0.4, 0.5) is 26.3 Å². The topological polar surface area (TPSA) is 82.0 Å². The molecule has 1 aliphatic carbocycles. The fourth-order valence-corrected chi connectivity index (χ4v) is 3.86. The van der Waals surface area contributed by atoms with E-state index < -0.39 is 47.2 Å². The van der Waals surface area contributed by atoms with E-state index in [1.54, 1.807) is 13.8 Å². The molecule has 5 nitrogen and oxygen atoms in total. The first-order chi connectivity index (χ1) is 17.1. The van der Waals surface area contributed by atoms with Gasteiger partial charge in [-0.25, -0.2) is 0 Å². The van der Waals surface area contributed by atoms with E-state index in [4.69, 9.17) is 0 Å². The van der Waals surface area contributed by atoms with E-state index in [-0.39, 0.29) is 17.9 Å². The van der Waals surface area contributed by atoms with Crippen molar-refractivity contribution in [2.24, 2.45) is 5.92 Å². The van der Waals surface area contributed by atoms with Gasteiger partial charge in [-0.05, 0) is 41.9 Å². The monoisotopic (exact) mass is 525 g/mol. The summed E-state index contributed by atoms with van der Waals surface area (Å²) in [6.07, 6.45) is -8.76. The molecule has 2 aromatic rings. The number of Topliss-reactive ketones (excluding diaryl/α,β-unsaturated/α-hetero) is 1. The van der Waals surface area contributed by atoms with E-state index in [1.807, 2.05) is 6.07 Å². The molecular weight excluding hydrogens is 500 g/mol. The Bertz CT molecular complexity index is 1160. The summed E-state index contributed by atoms with van der Waals surface area (Å²) in [6.45, 7) is 3.54. The highest BCUT2D eigenvalue weighted by Gasteiger charge is 2.47. The number of hydrogen-bond donors (Lipinski definition) is 2. The van der Waals surface area contributed by atoms with Gasteiger partial charge in [-0.1, -0.05) is 62.4 Å². The zero-order valence-electron chi connectivity index (χ0n) is 20.0. The van der Waals surface area contributed by atoms with Gasteiger partial charge in [0.25, 0.3) is 5.78 Å². The number of ketones is 1. The lowest BCUT2D eigenvalue weighted by Crippen LogP contribution is -2.52. The molecule has 0 saturated heterocycles. The number of carbonyl (C=O) groups is 2. The molecule has 2 aromatic carbocycles. The number of amides is 1. The third-order valence-corrected chi connectivity index (χ3v) is 6.03. The molecule has 2 N–H and O–H groups in total. The second-order valence-corrected chi connectivity index (χ2v) is 9.53. The van der Waals surface area contributed by atoms with Crippen molar-refractivity contribution in [2.75, 3.05) is 0 Å². The summed E-state index contributed by atoms with van der Waals surface area (Å²) in [6, 6.07) is 8.36. The van der Waals surface area contributed by atoms with Crippen molar-refractivity contribution in [2.45, 2.75) is 63.1 Å². The molecule has 1 aliphatic rings. The van der Waals surface area contributed by atoms with Gasteiger partial charge in [0.2, 0.25) is 5.91 Å². The number of nitrogens with zero attached hydrogens (tertiary/aromatic N) is 1. The quantitative estimate of drug-likeness (QED) is 0.317. The minimum Gasteiger partial charge on any atom is -0.336 e. The minimum absolute atomic E-state index is 0.107. The third-order valence-electron chi connectivity index (χ3n) is 6.03. The van der Waals surface area contributed by atoms with Gasteiger partial charge < -0.3 is 5.32 Å². The van der Waals surface area contributed by atoms with Crippen molar-refractivity contribution in [1.82, 2.24) is 10.6 Å². The van der Waals surface area contributed by atoms with Crippen LogP contribution < -0.4 is 10.6 Å². The molecule has 1 fully saturated rings. The Balaban J connectivity index is 1.82. The molecule has 3 rings (SSSR count). The molecule has 1 amide bonds. The minimum atomic E-state index is -5.01. The first-order valence-corrected chi connectivity index (χ1v) is 11.5. The maximum absolute atomic E-state index is 14.1. The number of nitrogens with one attached hydrogen (secondary N) is 2. The molecule has 0 bridgehead atoms. The second kappa shape index (κ2) is 10.5. The summed E-state index contributed by atoms with van der Waals surface area (Å²) in [4.78, 5) is 24.1. The SMILES string of the molecule is CC(C)C[C@H](N[C@@H](c1ccc(-c2ccc(C(=O)C(F)(F)F)cc2)cc1)C(F)(F)F)C(=O)NC1(C#N)CC1. The zero-order chi connectivity index (χ0) is 27.6. The van der Waals surface area contributed by atoms with Crippen molar-refractivity contribution in [3.63, 3.8) is 0 Å². The fourth-order valence-electron chi connectivity index (χ4n) is 3.86. The molecule has 37 heavy (non-hydrogen) atoms. The number of benzene rings is 2. The summed E-state index contributed by atoms with van der Waals surface area (Å²) in [7, 11) is 0. The van der Waals surface area contributed by atoms with Crippen LogP contribution in [0.5, 0.6) is 0 Å². The lowest BCUT2D eigenvalue weighted by atomic mass is 9.97. The Kier molecular flexibility index (Phi) is 8.03. The summed E-state index contributed by atoms with van der Waals surface area (Å²) in [5.41, 5.74) is -0.901. The fraction of sp³-hybridized carbons (Fsp3) is 0.423. The van der Waals surface area contributed by atoms with Gasteiger partial charge in [-0.3, -0.25) is 14.9 Å². The zero-order valence-corrected chi connectivity index (χ0v) is 20.0. The van der Waals surface area contributed by atoms with Crippen molar-refractivity contribution in [3.8, 4) is 17.2 Å². The molecule has 1 saturated carbocycles. The van der Waals surface area contributed by atoms with Crippen molar-refractivity contribution >= 4 is 11.7 Å². The highest BCUT2D eigenvalue weighted by molar-refractivity contribution is 6.00. The second-order valence-electron chi connectivity index (χ2n) is 9.53. The van der Waals surface area contributed by atoms with Gasteiger partial charge >= 0.3 is 12.4 Å². The van der Waals surface area contributed by atoms with Crippen LogP contribution in [0.2, 0.25) is 0 Å². The number of hydrogen-bond acceptors (Lipinski definition) is 4. The van der Waals surface area contributed by atoms with Crippen LogP contribution in [0.25, 0.3) is 11.1 Å². The third kappa shape index (κ3) is 7.10. The Morgan fingerprint density at radius 3 is 1.86 bits per heavy atom. The normalized spacial score (nSPS) is 16.5. The summed E-state index contributed by atoms with van der Waals surface area (Å²) >= 11 is 0. The van der Waals surface area contributed by atoms with Gasteiger partial charge in [0.15, 0.2) is 0 Å². The van der Waals surface area contributed by atoms with Crippen molar-refractivity contribution < 1.29 is 35.9 Å². The molecule has 0 radical (unpaired) electrons. The van der Waals surface area contributed by atoms with Crippen molar-refractivity contribution in [3.05, 3.63) is 59.7 Å². The molecule has 0 aromatic heterocycles. The van der Waals surface area contributed by atoms with Gasteiger partial charge in [0, 0.05) is 5.56 Å². The summed E-state index contributed by atoms with van der Waals surface area (Å²) in [5, 5.41) is 14.2. The molecule has 0 spiro atoms. The van der Waals surface area contributed by atoms with Crippen LogP contribution in [-0.2, 0) is 4.79 Å². The molecule has 11 heteroatoms.